The molecule has 370 valence electrons. The second-order valence-corrected chi connectivity index (χ2v) is 20.9. The zero-order valence-corrected chi connectivity index (χ0v) is 40.7. The van der Waals surface area contributed by atoms with Gasteiger partial charge in [0.25, 0.3) is 0 Å². The number of rotatable bonds is 11. The minimum absolute atomic E-state index is 0.0322. The van der Waals surface area contributed by atoms with Crippen LogP contribution in [0, 0.1) is 17.8 Å². The number of aliphatic hydroxyl groups is 2. The van der Waals surface area contributed by atoms with E-state index in [0.29, 0.717) is 41.9 Å². The van der Waals surface area contributed by atoms with Gasteiger partial charge < -0.3 is 50.9 Å². The summed E-state index contributed by atoms with van der Waals surface area (Å²) in [7, 11) is 0. The van der Waals surface area contributed by atoms with Crippen molar-refractivity contribution >= 4 is 29.6 Å². The number of piperidine rings is 3. The number of nitrogens with one attached hydrogen (secondary N) is 3. The molecule has 0 bridgehead atoms. The van der Waals surface area contributed by atoms with Crippen LogP contribution >= 0.6 is 0 Å². The summed E-state index contributed by atoms with van der Waals surface area (Å²) in [6.45, 7) is 11.5. The van der Waals surface area contributed by atoms with Crippen molar-refractivity contribution in [2.75, 3.05) is 56.1 Å². The number of likely N-dealkylation sites (tertiary alicyclic amines) is 3. The number of aromatic nitrogens is 4. The second-order valence-electron chi connectivity index (χ2n) is 20.9. The topological polar surface area (TPSA) is 213 Å². The third kappa shape index (κ3) is 10.1. The molecule has 7 heterocycles. The Balaban J connectivity index is 0.759. The highest BCUT2D eigenvalue weighted by Crippen LogP contribution is 2.45. The van der Waals surface area contributed by atoms with E-state index in [9.17, 15) is 29.7 Å². The first-order chi connectivity index (χ1) is 33.7. The Hall–Kier alpha value is -6.35. The maximum absolute atomic E-state index is 14.4. The number of nitrogens with zero attached hydrogens (tertiary/aromatic N) is 8. The number of benzene rings is 2. The van der Waals surface area contributed by atoms with Gasteiger partial charge in [0, 0.05) is 92.3 Å². The van der Waals surface area contributed by atoms with Crippen LogP contribution in [0.5, 0.6) is 5.75 Å². The predicted molar refractivity (Wildman–Crippen MR) is 266 cm³/mol. The molecule has 4 aromatic rings. The number of aromatic hydroxyl groups is 1. The van der Waals surface area contributed by atoms with Crippen LogP contribution in [0.2, 0.25) is 0 Å². The number of aliphatic hydroxyl groups excluding tert-OH is 2. The van der Waals surface area contributed by atoms with E-state index in [-0.39, 0.29) is 55.8 Å². The molecule has 2 unspecified atom stereocenters. The number of phenolic OH excluding ortho intramolecular Hbond substituents is 1. The molecule has 4 amide bonds. The number of para-hydroxylation sites is 1. The lowest BCUT2D eigenvalue weighted by Crippen LogP contribution is -2.60. The molecule has 6 N–H and O–H groups in total. The van der Waals surface area contributed by atoms with Crippen LogP contribution in [-0.2, 0) is 9.59 Å². The van der Waals surface area contributed by atoms with Gasteiger partial charge in [-0.1, -0.05) is 51.0 Å². The van der Waals surface area contributed by atoms with Crippen molar-refractivity contribution < 1.29 is 29.7 Å². The van der Waals surface area contributed by atoms with E-state index in [1.54, 1.807) is 41.3 Å². The molecule has 0 saturated carbocycles. The molecular weight excluding hydrogens is 887 g/mol. The van der Waals surface area contributed by atoms with Gasteiger partial charge in [-0.25, -0.2) is 14.8 Å². The van der Waals surface area contributed by atoms with Crippen molar-refractivity contribution in [3.8, 4) is 29.4 Å². The van der Waals surface area contributed by atoms with Gasteiger partial charge in [0.1, 0.15) is 17.8 Å². The first kappa shape index (κ1) is 48.7. The number of carbonyl (C=O) groups is 3. The summed E-state index contributed by atoms with van der Waals surface area (Å²) >= 11 is 0. The van der Waals surface area contributed by atoms with Crippen molar-refractivity contribution in [2.24, 2.45) is 5.41 Å². The molecule has 5 aliphatic heterocycles. The maximum Gasteiger partial charge on any atom is 0.318 e. The summed E-state index contributed by atoms with van der Waals surface area (Å²) in [5, 5.41) is 49.6. The summed E-state index contributed by atoms with van der Waals surface area (Å²) in [4.78, 5) is 60.0. The molecule has 4 fully saturated rings. The third-order valence-corrected chi connectivity index (χ3v) is 15.5. The van der Waals surface area contributed by atoms with Gasteiger partial charge in [-0.3, -0.25) is 9.59 Å². The highest BCUT2D eigenvalue weighted by molar-refractivity contribution is 5.93. The van der Waals surface area contributed by atoms with Crippen LogP contribution in [0.4, 0.5) is 16.6 Å². The van der Waals surface area contributed by atoms with E-state index in [1.165, 1.54) is 4.90 Å². The summed E-state index contributed by atoms with van der Waals surface area (Å²) < 4.78 is 0. The van der Waals surface area contributed by atoms with Gasteiger partial charge >= 0.3 is 6.03 Å². The fraction of sp³-hybridized carbons (Fsp3) is 0.528. The number of phenols is 1. The molecular formula is C53H67N11O6. The molecule has 7 atom stereocenters. The van der Waals surface area contributed by atoms with Gasteiger partial charge in [-0.2, -0.15) is 0 Å². The van der Waals surface area contributed by atoms with Gasteiger partial charge in [0.05, 0.1) is 17.8 Å². The van der Waals surface area contributed by atoms with Crippen LogP contribution in [0.15, 0.2) is 67.0 Å². The molecule has 2 aromatic carbocycles. The summed E-state index contributed by atoms with van der Waals surface area (Å²) in [5.74, 6) is 3.95. The van der Waals surface area contributed by atoms with E-state index >= 15 is 0 Å². The van der Waals surface area contributed by atoms with E-state index in [1.807, 2.05) is 45.3 Å². The van der Waals surface area contributed by atoms with Crippen LogP contribution < -0.4 is 20.9 Å². The zero-order chi connectivity index (χ0) is 49.3. The Labute approximate surface area is 410 Å². The fourth-order valence-corrected chi connectivity index (χ4v) is 11.5. The van der Waals surface area contributed by atoms with E-state index in [4.69, 9.17) is 16.4 Å². The molecule has 2 aromatic heterocycles. The van der Waals surface area contributed by atoms with Crippen molar-refractivity contribution in [3.05, 3.63) is 89.2 Å². The number of urea groups is 1. The Morgan fingerprint density at radius 1 is 0.929 bits per heavy atom. The molecule has 17 heteroatoms. The first-order valence-electron chi connectivity index (χ1n) is 25.0. The summed E-state index contributed by atoms with van der Waals surface area (Å²) in [6.07, 6.45) is 13.5. The highest BCUT2D eigenvalue weighted by Gasteiger charge is 2.46. The van der Waals surface area contributed by atoms with Crippen molar-refractivity contribution in [1.29, 1.82) is 0 Å². The minimum atomic E-state index is -0.951. The van der Waals surface area contributed by atoms with E-state index in [2.05, 4.69) is 54.9 Å². The van der Waals surface area contributed by atoms with Gasteiger partial charge in [0.2, 0.25) is 17.8 Å². The lowest BCUT2D eigenvalue weighted by Gasteiger charge is -2.42. The number of amides is 4. The van der Waals surface area contributed by atoms with Crippen LogP contribution in [0.1, 0.15) is 113 Å². The number of terminal acetylenes is 1. The van der Waals surface area contributed by atoms with Crippen molar-refractivity contribution in [2.45, 2.75) is 127 Å². The molecule has 0 radical (unpaired) electrons. The van der Waals surface area contributed by atoms with Crippen LogP contribution in [0.3, 0.4) is 0 Å². The Kier molecular flexibility index (Phi) is 14.3. The van der Waals surface area contributed by atoms with Gasteiger partial charge in [0.15, 0.2) is 5.82 Å². The zero-order valence-electron chi connectivity index (χ0n) is 40.7. The molecule has 0 aliphatic carbocycles. The van der Waals surface area contributed by atoms with Crippen molar-refractivity contribution in [3.63, 3.8) is 0 Å². The Bertz CT molecular complexity index is 2550. The molecule has 4 saturated heterocycles. The molecule has 5 aliphatic rings. The minimum Gasteiger partial charge on any atom is -0.507 e. The SMILES string of the molecule is C#Cc1ccc([C@H](CCO)NC(=O)[C@@H]2C[C@@H](O)CN2C(=O)[C@@H](NC(=O)N2CCC(N3CCC(c4cnc(N5CCC6Nc7nnc(-c8ccccc8O)cc7C6[C@H]5C)nc4)CC3)CC2)C(C)(C)C)cc1. The van der Waals surface area contributed by atoms with E-state index in [0.717, 1.165) is 80.2 Å². The molecule has 70 heavy (non-hydrogen) atoms. The lowest BCUT2D eigenvalue weighted by molar-refractivity contribution is -0.142. The smallest absolute Gasteiger partial charge is 0.318 e. The number of hydrogen-bond donors (Lipinski definition) is 6. The highest BCUT2D eigenvalue weighted by atomic mass is 16.3. The Morgan fingerprint density at radius 2 is 1.64 bits per heavy atom. The molecule has 17 nitrogen and oxygen atoms in total. The quantitative estimate of drug-likeness (QED) is 0.112. The van der Waals surface area contributed by atoms with Gasteiger partial charge in [-0.15, -0.1) is 16.6 Å². The number of carbonyl (C=O) groups excluding carboxylic acids is 3. The molecule has 9 rings (SSSR count). The number of anilines is 2. The van der Waals surface area contributed by atoms with Gasteiger partial charge in [-0.05, 0) is 111 Å². The average Bonchev–Trinajstić information content (AvgIpc) is 3.96. The normalized spacial score (nSPS) is 24.0. The monoisotopic (exact) mass is 954 g/mol. The summed E-state index contributed by atoms with van der Waals surface area (Å²) in [6, 6.07) is 14.4. The number of hydrogen-bond acceptors (Lipinski definition) is 13. The largest absolute Gasteiger partial charge is 0.507 e. The van der Waals surface area contributed by atoms with Crippen LogP contribution in [0.25, 0.3) is 11.3 Å². The first-order valence-corrected chi connectivity index (χ1v) is 25.0. The summed E-state index contributed by atoms with van der Waals surface area (Å²) in [5.41, 5.74) is 4.33. The second kappa shape index (κ2) is 20.5. The third-order valence-electron chi connectivity index (χ3n) is 15.5. The van der Waals surface area contributed by atoms with Crippen LogP contribution in [-0.4, -0.2) is 150 Å². The number of fused-ring (bicyclic) bond motifs is 3. The standard InChI is InChI=1S/C53H67N11O6/c1-6-33-11-13-35(14-12-33)41(20-26-65)57-49(68)44-27-38(66)31-64(44)50(69)47(53(3,4)5)58-52(70)62-23-17-37(18-24-62)61-21-15-34(16-22-61)36-29-54-51(55-30-36)63-25-19-42-46(32(63)2)40-28-43(59-60-48(40)56-42)39-9-7-8-10-45(39)67/h1,7-14,28-30,32,34,37-38,41-42,44,46-47,65-67H,15-27,31H2,2-5H3,(H,56,60)(H,57,68)(H,58,70)/t32-,38-,41+,42?,44+,46?,47-/m1/s1. The average molecular weight is 954 g/mol. The fourth-order valence-electron chi connectivity index (χ4n) is 11.5. The number of β-amino-alcohol motifs (C(OH)–C–C–N with tert-alkyl or cyclic N) is 1. The maximum atomic E-state index is 14.4. The Morgan fingerprint density at radius 3 is 2.31 bits per heavy atom. The molecule has 0 spiro atoms. The van der Waals surface area contributed by atoms with Crippen molar-refractivity contribution in [1.82, 2.24) is 45.5 Å². The lowest BCUT2D eigenvalue weighted by atomic mass is 9.83. The van der Waals surface area contributed by atoms with E-state index < -0.39 is 41.5 Å². The predicted octanol–water partition coefficient (Wildman–Crippen LogP) is 4.77.